The summed E-state index contributed by atoms with van der Waals surface area (Å²) in [6, 6.07) is 9.94. The second-order valence-corrected chi connectivity index (χ2v) is 13.0. The lowest BCUT2D eigenvalue weighted by Crippen LogP contribution is -2.61. The Hall–Kier alpha value is -1.39. The summed E-state index contributed by atoms with van der Waals surface area (Å²) in [7, 11) is 4.49. The van der Waals surface area contributed by atoms with Crippen molar-refractivity contribution in [3.63, 3.8) is 0 Å². The molecule has 0 bridgehead atoms. The molecule has 0 radical (unpaired) electrons. The van der Waals surface area contributed by atoms with Crippen LogP contribution >= 0.6 is 0 Å². The molecule has 4 heteroatoms. The predicted molar refractivity (Wildman–Crippen MR) is 137 cm³/mol. The highest BCUT2D eigenvalue weighted by atomic mass is 16.3. The standard InChI is InChI=1S/C30H46N2O2/c1-19(32(4)5)22-13-14-23-21-11-12-25-27(33)26(31-28(34)20-9-7-6-8-10-20)16-18-30(25,3)24(21)15-17-29(22,23)2/h6-10,19,21-27,33H,11-18H2,1-5H3,(H,31,34)/t19-,21?,22+,23?,24?,25?,26+,27+,29+,30+/m0/s1. The number of nitrogens with one attached hydrogen (secondary N) is 1. The van der Waals surface area contributed by atoms with Gasteiger partial charge in [-0.2, -0.15) is 0 Å². The van der Waals surface area contributed by atoms with E-state index in [1.807, 2.05) is 30.3 Å². The van der Waals surface area contributed by atoms with Gasteiger partial charge in [-0.25, -0.2) is 0 Å². The van der Waals surface area contributed by atoms with Gasteiger partial charge in [0.25, 0.3) is 5.91 Å². The van der Waals surface area contributed by atoms with Crippen molar-refractivity contribution in [3.8, 4) is 0 Å². The molecule has 4 saturated carbocycles. The van der Waals surface area contributed by atoms with Crippen molar-refractivity contribution in [2.24, 2.45) is 40.4 Å². The fourth-order valence-corrected chi connectivity index (χ4v) is 9.53. The Morgan fingerprint density at radius 1 is 0.941 bits per heavy atom. The van der Waals surface area contributed by atoms with E-state index >= 15 is 0 Å². The molecule has 0 saturated heterocycles. The van der Waals surface area contributed by atoms with Crippen LogP contribution in [0.5, 0.6) is 0 Å². The van der Waals surface area contributed by atoms with Gasteiger partial charge in [0.15, 0.2) is 0 Å². The minimum atomic E-state index is -0.439. The Morgan fingerprint density at radius 2 is 1.59 bits per heavy atom. The van der Waals surface area contributed by atoms with E-state index in [0.29, 0.717) is 22.9 Å². The van der Waals surface area contributed by atoms with Crippen LogP contribution in [-0.4, -0.2) is 48.2 Å². The third kappa shape index (κ3) is 3.75. The molecule has 4 aliphatic rings. The topological polar surface area (TPSA) is 52.6 Å². The van der Waals surface area contributed by atoms with Gasteiger partial charge in [-0.05, 0) is 125 Å². The van der Waals surface area contributed by atoms with Crippen molar-refractivity contribution in [3.05, 3.63) is 35.9 Å². The minimum absolute atomic E-state index is 0.0534. The molecule has 4 fully saturated rings. The van der Waals surface area contributed by atoms with Crippen LogP contribution in [0.3, 0.4) is 0 Å². The van der Waals surface area contributed by atoms with Gasteiger partial charge in [-0.15, -0.1) is 0 Å². The summed E-state index contributed by atoms with van der Waals surface area (Å²) in [6.07, 6.45) is 9.35. The number of amides is 1. The molecule has 188 valence electrons. The normalized spacial score (nSPS) is 44.6. The van der Waals surface area contributed by atoms with Crippen LogP contribution in [0.15, 0.2) is 30.3 Å². The quantitative estimate of drug-likeness (QED) is 0.628. The summed E-state index contributed by atoms with van der Waals surface area (Å²) in [5, 5.41) is 14.7. The third-order valence-corrected chi connectivity index (χ3v) is 11.6. The largest absolute Gasteiger partial charge is 0.391 e. The first-order valence-corrected chi connectivity index (χ1v) is 13.9. The van der Waals surface area contributed by atoms with E-state index in [9.17, 15) is 9.90 Å². The van der Waals surface area contributed by atoms with Crippen molar-refractivity contribution in [2.45, 2.75) is 90.3 Å². The van der Waals surface area contributed by atoms with Gasteiger partial charge in [0, 0.05) is 11.6 Å². The molecular formula is C30H46N2O2. The van der Waals surface area contributed by atoms with Gasteiger partial charge in [-0.3, -0.25) is 4.79 Å². The maximum absolute atomic E-state index is 12.8. The molecule has 1 aromatic rings. The van der Waals surface area contributed by atoms with Crippen molar-refractivity contribution in [1.29, 1.82) is 0 Å². The average molecular weight is 467 g/mol. The summed E-state index contributed by atoms with van der Waals surface area (Å²) in [5.74, 6) is 3.41. The molecule has 0 aromatic heterocycles. The van der Waals surface area contributed by atoms with E-state index < -0.39 is 6.10 Å². The summed E-state index contributed by atoms with van der Waals surface area (Å²) in [6.45, 7) is 7.54. The number of aliphatic hydroxyl groups is 1. The molecule has 4 unspecified atom stereocenters. The Morgan fingerprint density at radius 3 is 2.29 bits per heavy atom. The van der Waals surface area contributed by atoms with E-state index in [0.717, 1.165) is 42.9 Å². The van der Waals surface area contributed by atoms with Crippen molar-refractivity contribution in [1.82, 2.24) is 10.2 Å². The van der Waals surface area contributed by atoms with Gasteiger partial charge < -0.3 is 15.3 Å². The van der Waals surface area contributed by atoms with Crippen molar-refractivity contribution < 1.29 is 9.90 Å². The first-order valence-electron chi connectivity index (χ1n) is 13.9. The third-order valence-electron chi connectivity index (χ3n) is 11.6. The lowest BCUT2D eigenvalue weighted by molar-refractivity contribution is -0.152. The second-order valence-electron chi connectivity index (χ2n) is 13.0. The highest BCUT2D eigenvalue weighted by Gasteiger charge is 2.62. The van der Waals surface area contributed by atoms with E-state index in [4.69, 9.17) is 0 Å². The highest BCUT2D eigenvalue weighted by Crippen LogP contribution is 2.67. The van der Waals surface area contributed by atoms with E-state index in [-0.39, 0.29) is 17.4 Å². The highest BCUT2D eigenvalue weighted by molar-refractivity contribution is 5.94. The van der Waals surface area contributed by atoms with Gasteiger partial charge in [0.2, 0.25) is 0 Å². The number of fused-ring (bicyclic) bond motifs is 5. The van der Waals surface area contributed by atoms with Gasteiger partial charge in [0.05, 0.1) is 12.1 Å². The van der Waals surface area contributed by atoms with Crippen molar-refractivity contribution >= 4 is 5.91 Å². The van der Waals surface area contributed by atoms with Crippen LogP contribution in [0.25, 0.3) is 0 Å². The van der Waals surface area contributed by atoms with Crippen LogP contribution in [0.2, 0.25) is 0 Å². The molecule has 1 aromatic carbocycles. The number of hydrogen-bond donors (Lipinski definition) is 2. The van der Waals surface area contributed by atoms with E-state index in [1.54, 1.807) is 0 Å². The number of carbonyl (C=O) groups is 1. The smallest absolute Gasteiger partial charge is 0.251 e. The zero-order valence-electron chi connectivity index (χ0n) is 22.0. The maximum Gasteiger partial charge on any atom is 0.251 e. The van der Waals surface area contributed by atoms with Gasteiger partial charge in [-0.1, -0.05) is 32.0 Å². The second kappa shape index (κ2) is 8.92. The fourth-order valence-electron chi connectivity index (χ4n) is 9.53. The molecule has 1 amide bonds. The van der Waals surface area contributed by atoms with Gasteiger partial charge >= 0.3 is 0 Å². The number of carbonyl (C=O) groups excluding carboxylic acids is 1. The summed E-state index contributed by atoms with van der Waals surface area (Å²) in [5.41, 5.74) is 1.34. The molecule has 0 heterocycles. The number of aliphatic hydroxyl groups excluding tert-OH is 1. The van der Waals surface area contributed by atoms with E-state index in [2.05, 4.69) is 45.1 Å². The summed E-state index contributed by atoms with van der Waals surface area (Å²) in [4.78, 5) is 15.2. The fraction of sp³-hybridized carbons (Fsp3) is 0.767. The number of benzene rings is 1. The number of hydrogen-bond acceptors (Lipinski definition) is 3. The first-order chi connectivity index (χ1) is 16.2. The minimum Gasteiger partial charge on any atom is -0.391 e. The summed E-state index contributed by atoms with van der Waals surface area (Å²) >= 11 is 0. The molecule has 0 aliphatic heterocycles. The maximum atomic E-state index is 12.8. The lowest BCUT2D eigenvalue weighted by Gasteiger charge is -2.62. The molecule has 34 heavy (non-hydrogen) atoms. The zero-order valence-corrected chi connectivity index (χ0v) is 22.0. The van der Waals surface area contributed by atoms with E-state index in [1.165, 1.54) is 32.1 Å². The van der Waals surface area contributed by atoms with Crippen LogP contribution in [0.4, 0.5) is 0 Å². The number of nitrogens with zero attached hydrogens (tertiary/aromatic N) is 1. The summed E-state index contributed by atoms with van der Waals surface area (Å²) < 4.78 is 0. The Balaban J connectivity index is 1.31. The molecule has 0 spiro atoms. The average Bonchev–Trinajstić information content (AvgIpc) is 3.18. The zero-order chi connectivity index (χ0) is 24.3. The molecule has 2 N–H and O–H groups in total. The van der Waals surface area contributed by atoms with Crippen LogP contribution < -0.4 is 5.32 Å². The molecule has 4 nitrogen and oxygen atoms in total. The van der Waals surface area contributed by atoms with Crippen molar-refractivity contribution in [2.75, 3.05) is 14.1 Å². The molecule has 5 rings (SSSR count). The predicted octanol–water partition coefficient (Wildman–Crippen LogP) is 5.36. The van der Waals surface area contributed by atoms with Crippen LogP contribution in [0.1, 0.15) is 82.5 Å². The first kappa shape index (κ1) is 24.3. The lowest BCUT2D eigenvalue weighted by atomic mass is 9.44. The Kier molecular flexibility index (Phi) is 6.38. The number of rotatable bonds is 4. The monoisotopic (exact) mass is 466 g/mol. The Bertz CT molecular complexity index is 887. The molecule has 4 aliphatic carbocycles. The van der Waals surface area contributed by atoms with Crippen LogP contribution in [-0.2, 0) is 0 Å². The Labute approximate surface area is 206 Å². The SMILES string of the molecule is C[C@@H]([C@H]1CCC2C3CCC4[C@@H](O)[C@H](NC(=O)c5ccccc5)CC[C@]4(C)C3CC[C@@]21C)N(C)C. The van der Waals surface area contributed by atoms with Gasteiger partial charge in [0.1, 0.15) is 0 Å². The van der Waals surface area contributed by atoms with Crippen LogP contribution in [0, 0.1) is 40.4 Å². The molecular weight excluding hydrogens is 420 g/mol. The molecule has 10 atom stereocenters.